The third-order valence-corrected chi connectivity index (χ3v) is 7.65. The van der Waals surface area contributed by atoms with Gasteiger partial charge in [0, 0.05) is 62.1 Å². The Morgan fingerprint density at radius 2 is 1.47 bits per heavy atom. The number of carbonyl (C=O) groups is 2. The Kier molecular flexibility index (Phi) is 9.42. The number of anilines is 1. The first-order chi connectivity index (χ1) is 20.9. The van der Waals surface area contributed by atoms with Crippen LogP contribution in [0.25, 0.3) is 10.9 Å². The van der Waals surface area contributed by atoms with Crippen LogP contribution >= 0.6 is 0 Å². The van der Waals surface area contributed by atoms with Gasteiger partial charge in [-0.25, -0.2) is 0 Å². The lowest BCUT2D eigenvalue weighted by Crippen LogP contribution is -2.43. The molecule has 1 N–H and O–H groups in total. The van der Waals surface area contributed by atoms with Crippen LogP contribution < -0.4 is 9.64 Å². The molecule has 5 rings (SSSR count). The molecule has 220 valence electrons. The van der Waals surface area contributed by atoms with Crippen molar-refractivity contribution in [2.45, 2.75) is 19.5 Å². The number of rotatable bonds is 12. The number of ether oxygens (including phenoxy) is 1. The van der Waals surface area contributed by atoms with Gasteiger partial charge in [0.2, 0.25) is 5.91 Å². The number of carbonyl (C=O) groups excluding carboxylic acids is 2. The fourth-order valence-corrected chi connectivity index (χ4v) is 5.21. The van der Waals surface area contributed by atoms with E-state index in [9.17, 15) is 9.59 Å². The fourth-order valence-electron chi connectivity index (χ4n) is 5.21. The van der Waals surface area contributed by atoms with Gasteiger partial charge in [0.25, 0.3) is 5.91 Å². The molecule has 0 aliphatic heterocycles. The maximum Gasteiger partial charge on any atom is 0.254 e. The minimum Gasteiger partial charge on any atom is -0.497 e. The minimum atomic E-state index is -0.219. The number of methoxy groups -OCH3 is 1. The summed E-state index contributed by atoms with van der Waals surface area (Å²) in [5.41, 5.74) is 5.80. The highest BCUT2D eigenvalue weighted by atomic mass is 16.5. The number of aromatic amines is 1. The summed E-state index contributed by atoms with van der Waals surface area (Å²) in [5, 5.41) is 1.16. The topological polar surface area (TPSA) is 68.9 Å². The molecular weight excluding hydrogens is 536 g/mol. The van der Waals surface area contributed by atoms with E-state index in [1.54, 1.807) is 36.3 Å². The van der Waals surface area contributed by atoms with Crippen molar-refractivity contribution < 1.29 is 14.3 Å². The van der Waals surface area contributed by atoms with Crippen LogP contribution in [0.4, 0.5) is 5.69 Å². The van der Waals surface area contributed by atoms with E-state index in [0.717, 1.165) is 33.3 Å². The zero-order valence-corrected chi connectivity index (χ0v) is 25.0. The van der Waals surface area contributed by atoms with Crippen molar-refractivity contribution >= 4 is 28.4 Å². The molecule has 43 heavy (non-hydrogen) atoms. The lowest BCUT2D eigenvalue weighted by atomic mass is 10.1. The molecule has 7 heteroatoms. The number of hydrogen-bond acceptors (Lipinski definition) is 4. The van der Waals surface area contributed by atoms with Gasteiger partial charge in [-0.1, -0.05) is 66.7 Å². The third-order valence-electron chi connectivity index (χ3n) is 7.65. The molecule has 1 aromatic heterocycles. The van der Waals surface area contributed by atoms with Crippen LogP contribution in [-0.4, -0.2) is 60.9 Å². The number of hydrogen-bond donors (Lipinski definition) is 1. The fraction of sp³-hybridized carbons (Fsp3) is 0.222. The second-order valence-corrected chi connectivity index (χ2v) is 10.9. The first kappa shape index (κ1) is 29.5. The summed E-state index contributed by atoms with van der Waals surface area (Å²) in [6.07, 6.45) is 2.71. The van der Waals surface area contributed by atoms with Crippen molar-refractivity contribution in [2.75, 3.05) is 39.2 Å². The predicted octanol–water partition coefficient (Wildman–Crippen LogP) is 6.16. The van der Waals surface area contributed by atoms with Gasteiger partial charge < -0.3 is 24.4 Å². The average Bonchev–Trinajstić information content (AvgIpc) is 3.46. The Morgan fingerprint density at radius 1 is 0.767 bits per heavy atom. The van der Waals surface area contributed by atoms with Crippen LogP contribution in [0, 0.1) is 0 Å². The van der Waals surface area contributed by atoms with Gasteiger partial charge >= 0.3 is 0 Å². The summed E-state index contributed by atoms with van der Waals surface area (Å²) in [4.78, 5) is 36.8. The molecule has 0 aliphatic rings. The first-order valence-electron chi connectivity index (χ1n) is 14.5. The number of amides is 2. The zero-order chi connectivity index (χ0) is 30.2. The predicted molar refractivity (Wildman–Crippen MR) is 172 cm³/mol. The van der Waals surface area contributed by atoms with Crippen molar-refractivity contribution in [3.05, 3.63) is 132 Å². The second kappa shape index (κ2) is 13.7. The molecule has 1 heterocycles. The lowest BCUT2D eigenvalue weighted by Gasteiger charge is -2.28. The number of nitrogens with zero attached hydrogens (tertiary/aromatic N) is 3. The van der Waals surface area contributed by atoms with Gasteiger partial charge in [0.1, 0.15) is 12.3 Å². The maximum absolute atomic E-state index is 14.1. The molecule has 0 aliphatic carbocycles. The van der Waals surface area contributed by atoms with Crippen molar-refractivity contribution in [1.29, 1.82) is 0 Å². The number of nitrogens with one attached hydrogen (secondary N) is 1. The van der Waals surface area contributed by atoms with Gasteiger partial charge in [-0.15, -0.1) is 0 Å². The molecule has 4 aromatic carbocycles. The van der Waals surface area contributed by atoms with E-state index >= 15 is 0 Å². The number of para-hydroxylation sites is 1. The quantitative estimate of drug-likeness (QED) is 0.194. The van der Waals surface area contributed by atoms with E-state index in [2.05, 4.69) is 46.3 Å². The van der Waals surface area contributed by atoms with Crippen LogP contribution in [-0.2, 0) is 24.3 Å². The largest absolute Gasteiger partial charge is 0.497 e. The van der Waals surface area contributed by atoms with Crippen LogP contribution in [0.3, 0.4) is 0 Å². The van der Waals surface area contributed by atoms with Crippen LogP contribution in [0.2, 0.25) is 0 Å². The number of benzene rings is 4. The standard InChI is InChI=1S/C36H38N4O3/c1-38(2)31-18-16-28(17-19-31)24-39(21-20-30-23-37-34-15-8-7-14-33(30)34)35(41)26-40(25-27-10-5-4-6-11-27)36(42)29-12-9-13-32(22-29)43-3/h4-19,22-23,37H,20-21,24-26H2,1-3H3. The summed E-state index contributed by atoms with van der Waals surface area (Å²) in [6, 6.07) is 33.3. The first-order valence-corrected chi connectivity index (χ1v) is 14.5. The molecule has 0 unspecified atom stereocenters. The van der Waals surface area contributed by atoms with E-state index in [0.29, 0.717) is 37.4 Å². The van der Waals surface area contributed by atoms with E-state index in [-0.39, 0.29) is 18.4 Å². The maximum atomic E-state index is 14.1. The van der Waals surface area contributed by atoms with Gasteiger partial charge in [0.15, 0.2) is 0 Å². The van der Waals surface area contributed by atoms with Crippen molar-refractivity contribution in [3.8, 4) is 5.75 Å². The smallest absolute Gasteiger partial charge is 0.254 e. The second-order valence-electron chi connectivity index (χ2n) is 10.9. The molecular formula is C36H38N4O3. The molecule has 0 fully saturated rings. The number of H-pyrrole nitrogens is 1. The van der Waals surface area contributed by atoms with E-state index < -0.39 is 0 Å². The van der Waals surface area contributed by atoms with Crippen LogP contribution in [0.1, 0.15) is 27.0 Å². The Bertz CT molecular complexity index is 1660. The monoisotopic (exact) mass is 574 g/mol. The molecule has 0 saturated heterocycles. The molecule has 5 aromatic rings. The van der Waals surface area contributed by atoms with Crippen LogP contribution in [0.15, 0.2) is 109 Å². The summed E-state index contributed by atoms with van der Waals surface area (Å²) < 4.78 is 5.36. The summed E-state index contributed by atoms with van der Waals surface area (Å²) >= 11 is 0. The van der Waals surface area contributed by atoms with Crippen molar-refractivity contribution in [2.24, 2.45) is 0 Å². The van der Waals surface area contributed by atoms with E-state index in [1.807, 2.05) is 67.7 Å². The molecule has 0 bridgehead atoms. The highest BCUT2D eigenvalue weighted by molar-refractivity contribution is 5.97. The average molecular weight is 575 g/mol. The minimum absolute atomic E-state index is 0.0470. The summed E-state index contributed by atoms with van der Waals surface area (Å²) in [7, 11) is 5.59. The Morgan fingerprint density at radius 3 is 2.21 bits per heavy atom. The molecule has 0 spiro atoms. The molecule has 0 radical (unpaired) electrons. The van der Waals surface area contributed by atoms with Gasteiger partial charge in [0.05, 0.1) is 7.11 Å². The Labute approximate surface area is 253 Å². The molecule has 0 atom stereocenters. The van der Waals surface area contributed by atoms with Gasteiger partial charge in [-0.05, 0) is 59.5 Å². The number of fused-ring (bicyclic) bond motifs is 1. The number of aromatic nitrogens is 1. The SMILES string of the molecule is COc1cccc(C(=O)N(CC(=O)N(CCc2c[nH]c3ccccc23)Cc2ccc(N(C)C)cc2)Cc2ccccc2)c1. The zero-order valence-electron chi connectivity index (χ0n) is 25.0. The Hall–Kier alpha value is -5.04. The highest BCUT2D eigenvalue weighted by Crippen LogP contribution is 2.21. The van der Waals surface area contributed by atoms with Crippen LogP contribution in [0.5, 0.6) is 5.75 Å². The molecule has 7 nitrogen and oxygen atoms in total. The van der Waals surface area contributed by atoms with Gasteiger partial charge in [-0.2, -0.15) is 0 Å². The lowest BCUT2D eigenvalue weighted by molar-refractivity contribution is -0.132. The molecule has 2 amide bonds. The normalized spacial score (nSPS) is 10.9. The molecule has 0 saturated carbocycles. The summed E-state index contributed by atoms with van der Waals surface area (Å²) in [6.45, 7) is 1.23. The van der Waals surface area contributed by atoms with E-state index in [4.69, 9.17) is 4.74 Å². The van der Waals surface area contributed by atoms with Gasteiger partial charge in [-0.3, -0.25) is 9.59 Å². The third kappa shape index (κ3) is 7.43. The highest BCUT2D eigenvalue weighted by Gasteiger charge is 2.24. The van der Waals surface area contributed by atoms with E-state index in [1.165, 1.54) is 0 Å². The van der Waals surface area contributed by atoms with Crippen molar-refractivity contribution in [3.63, 3.8) is 0 Å². The summed E-state index contributed by atoms with van der Waals surface area (Å²) in [5.74, 6) is 0.269. The Balaban J connectivity index is 1.41. The van der Waals surface area contributed by atoms with Crippen molar-refractivity contribution in [1.82, 2.24) is 14.8 Å².